The van der Waals surface area contributed by atoms with E-state index in [1.807, 2.05) is 0 Å². The first-order valence-electron chi connectivity index (χ1n) is 8.49. The molecule has 27 heavy (non-hydrogen) atoms. The van der Waals surface area contributed by atoms with Crippen LogP contribution in [0.5, 0.6) is 0 Å². The molecule has 0 fully saturated rings. The lowest BCUT2D eigenvalue weighted by atomic mass is 9.98. The van der Waals surface area contributed by atoms with Crippen LogP contribution in [0, 0.1) is 28.7 Å². The van der Waals surface area contributed by atoms with Gasteiger partial charge in [-0.05, 0) is 19.1 Å². The Labute approximate surface area is 153 Å². The lowest BCUT2D eigenvalue weighted by Crippen LogP contribution is -2.25. The molecule has 138 valence electrons. The van der Waals surface area contributed by atoms with Crippen LogP contribution in [-0.4, -0.2) is 21.2 Å². The first-order chi connectivity index (χ1) is 13.0. The minimum absolute atomic E-state index is 0.0170. The van der Waals surface area contributed by atoms with E-state index in [1.54, 1.807) is 19.1 Å². The summed E-state index contributed by atoms with van der Waals surface area (Å²) in [4.78, 5) is 10.8. The topological polar surface area (TPSA) is 73.0 Å². The van der Waals surface area contributed by atoms with Gasteiger partial charge >= 0.3 is 0 Å². The number of nitro groups is 1. The summed E-state index contributed by atoms with van der Waals surface area (Å²) in [7, 11) is 0. The molecule has 0 atom stereocenters. The average molecular weight is 370 g/mol. The first kappa shape index (κ1) is 17.3. The lowest BCUT2D eigenvalue weighted by molar-refractivity contribution is -0.385. The van der Waals surface area contributed by atoms with Gasteiger partial charge in [-0.2, -0.15) is 5.10 Å². The van der Waals surface area contributed by atoms with Crippen molar-refractivity contribution in [3.05, 3.63) is 75.0 Å². The second kappa shape index (κ2) is 6.55. The Morgan fingerprint density at radius 2 is 1.89 bits per heavy atom. The largest absolute Gasteiger partial charge is 0.312 e. The molecule has 1 aromatic heterocycles. The fraction of sp³-hybridized carbons (Fsp3) is 0.211. The zero-order valence-electron chi connectivity index (χ0n) is 14.5. The Bertz CT molecular complexity index is 1040. The molecule has 0 bridgehead atoms. The van der Waals surface area contributed by atoms with Gasteiger partial charge in [0, 0.05) is 42.3 Å². The SMILES string of the molecule is Cc1c(-c2nn(-c3c(F)cccc3F)c3c2CNCC3)cccc1[N+](=O)[O-]. The molecule has 0 saturated heterocycles. The number of aromatic nitrogens is 2. The van der Waals surface area contributed by atoms with Gasteiger partial charge in [0.25, 0.3) is 5.69 Å². The van der Waals surface area contributed by atoms with Crippen molar-refractivity contribution < 1.29 is 13.7 Å². The smallest absolute Gasteiger partial charge is 0.272 e. The van der Waals surface area contributed by atoms with Crippen LogP contribution in [0.1, 0.15) is 16.8 Å². The van der Waals surface area contributed by atoms with Gasteiger partial charge < -0.3 is 5.32 Å². The number of nitro benzene ring substituents is 1. The lowest BCUT2D eigenvalue weighted by Gasteiger charge is -2.16. The van der Waals surface area contributed by atoms with Crippen LogP contribution in [-0.2, 0) is 13.0 Å². The molecule has 0 saturated carbocycles. The molecule has 0 radical (unpaired) electrons. The number of fused-ring (bicyclic) bond motifs is 1. The van der Waals surface area contributed by atoms with E-state index in [9.17, 15) is 18.9 Å². The molecule has 3 aromatic rings. The maximum atomic E-state index is 14.4. The van der Waals surface area contributed by atoms with Gasteiger partial charge in [-0.25, -0.2) is 13.5 Å². The molecule has 1 aliphatic rings. The van der Waals surface area contributed by atoms with Gasteiger partial charge in [0.1, 0.15) is 5.69 Å². The molecular formula is C19H16F2N4O2. The van der Waals surface area contributed by atoms with E-state index in [-0.39, 0.29) is 11.4 Å². The van der Waals surface area contributed by atoms with Gasteiger partial charge in [-0.15, -0.1) is 0 Å². The second-order valence-corrected chi connectivity index (χ2v) is 6.39. The summed E-state index contributed by atoms with van der Waals surface area (Å²) >= 11 is 0. The Kier molecular flexibility index (Phi) is 4.19. The highest BCUT2D eigenvalue weighted by atomic mass is 19.1. The number of benzene rings is 2. The predicted molar refractivity (Wildman–Crippen MR) is 95.7 cm³/mol. The summed E-state index contributed by atoms with van der Waals surface area (Å²) in [6.07, 6.45) is 0.546. The Hall–Kier alpha value is -3.13. The van der Waals surface area contributed by atoms with E-state index < -0.39 is 16.6 Å². The van der Waals surface area contributed by atoms with Crippen molar-refractivity contribution in [3.63, 3.8) is 0 Å². The molecule has 0 aliphatic carbocycles. The van der Waals surface area contributed by atoms with Gasteiger partial charge in [-0.3, -0.25) is 10.1 Å². The molecule has 1 N–H and O–H groups in total. The second-order valence-electron chi connectivity index (χ2n) is 6.39. The van der Waals surface area contributed by atoms with E-state index in [0.717, 1.165) is 5.56 Å². The standard InChI is InChI=1S/C19H16F2N4O2/c1-11-12(4-2-7-16(11)25(26)27)18-13-10-22-9-8-17(13)24(23-18)19-14(20)5-3-6-15(19)21/h2-7,22H,8-10H2,1H3. The van der Waals surface area contributed by atoms with Gasteiger partial charge in [0.2, 0.25) is 0 Å². The summed E-state index contributed by atoms with van der Waals surface area (Å²) in [6.45, 7) is 2.78. The number of rotatable bonds is 3. The Morgan fingerprint density at radius 3 is 2.59 bits per heavy atom. The summed E-state index contributed by atoms with van der Waals surface area (Å²) in [5.74, 6) is -1.41. The number of para-hydroxylation sites is 1. The number of hydrogen-bond acceptors (Lipinski definition) is 4. The normalized spacial score (nSPS) is 13.4. The third kappa shape index (κ3) is 2.78. The van der Waals surface area contributed by atoms with E-state index in [0.29, 0.717) is 42.0 Å². The number of halogens is 2. The molecule has 0 amide bonds. The van der Waals surface area contributed by atoms with E-state index in [4.69, 9.17) is 0 Å². The van der Waals surface area contributed by atoms with Crippen molar-refractivity contribution >= 4 is 5.69 Å². The van der Waals surface area contributed by atoms with Gasteiger partial charge in [0.15, 0.2) is 11.6 Å². The predicted octanol–water partition coefficient (Wildman–Crippen LogP) is 3.68. The maximum absolute atomic E-state index is 14.4. The highest BCUT2D eigenvalue weighted by molar-refractivity contribution is 5.72. The molecule has 6 nitrogen and oxygen atoms in total. The van der Waals surface area contributed by atoms with Crippen LogP contribution in [0.25, 0.3) is 16.9 Å². The van der Waals surface area contributed by atoms with Crippen LogP contribution in [0.4, 0.5) is 14.5 Å². The summed E-state index contributed by atoms with van der Waals surface area (Å²) in [5.41, 5.74) is 2.81. The van der Waals surface area contributed by atoms with Crippen LogP contribution in [0.15, 0.2) is 36.4 Å². The third-order valence-electron chi connectivity index (χ3n) is 4.84. The monoisotopic (exact) mass is 370 g/mol. The molecule has 1 aliphatic heterocycles. The molecule has 2 heterocycles. The fourth-order valence-corrected chi connectivity index (χ4v) is 3.52. The fourth-order valence-electron chi connectivity index (χ4n) is 3.52. The van der Waals surface area contributed by atoms with E-state index in [1.165, 1.54) is 28.9 Å². The number of nitrogens with zero attached hydrogens (tertiary/aromatic N) is 3. The zero-order chi connectivity index (χ0) is 19.1. The molecule has 2 aromatic carbocycles. The van der Waals surface area contributed by atoms with E-state index >= 15 is 0 Å². The quantitative estimate of drug-likeness (QED) is 0.564. The summed E-state index contributed by atoms with van der Waals surface area (Å²) < 4.78 is 30.0. The molecular weight excluding hydrogens is 354 g/mol. The van der Waals surface area contributed by atoms with Crippen molar-refractivity contribution in [3.8, 4) is 16.9 Å². The average Bonchev–Trinajstić information content (AvgIpc) is 3.01. The minimum Gasteiger partial charge on any atom is -0.312 e. The summed E-state index contributed by atoms with van der Waals surface area (Å²) in [6, 6.07) is 8.43. The maximum Gasteiger partial charge on any atom is 0.272 e. The van der Waals surface area contributed by atoms with Crippen molar-refractivity contribution in [1.82, 2.24) is 15.1 Å². The van der Waals surface area contributed by atoms with Crippen molar-refractivity contribution in [1.29, 1.82) is 0 Å². The zero-order valence-corrected chi connectivity index (χ0v) is 14.5. The molecule has 4 rings (SSSR count). The molecule has 0 spiro atoms. The van der Waals surface area contributed by atoms with Crippen LogP contribution in [0.3, 0.4) is 0 Å². The highest BCUT2D eigenvalue weighted by Crippen LogP contribution is 2.35. The highest BCUT2D eigenvalue weighted by Gasteiger charge is 2.27. The van der Waals surface area contributed by atoms with E-state index in [2.05, 4.69) is 10.4 Å². The first-order valence-corrected chi connectivity index (χ1v) is 8.49. The minimum atomic E-state index is -0.707. The summed E-state index contributed by atoms with van der Waals surface area (Å²) in [5, 5.41) is 19.0. The van der Waals surface area contributed by atoms with Crippen molar-refractivity contribution in [2.24, 2.45) is 0 Å². The van der Waals surface area contributed by atoms with Gasteiger partial charge in [0.05, 0.1) is 16.3 Å². The van der Waals surface area contributed by atoms with Gasteiger partial charge in [-0.1, -0.05) is 18.2 Å². The molecule has 0 unspecified atom stereocenters. The Morgan fingerprint density at radius 1 is 1.19 bits per heavy atom. The van der Waals surface area contributed by atoms with Crippen molar-refractivity contribution in [2.75, 3.05) is 6.54 Å². The van der Waals surface area contributed by atoms with Crippen LogP contribution in [0.2, 0.25) is 0 Å². The third-order valence-corrected chi connectivity index (χ3v) is 4.84. The Balaban J connectivity index is 1.98. The molecule has 8 heteroatoms. The van der Waals surface area contributed by atoms with Crippen LogP contribution < -0.4 is 5.32 Å². The van der Waals surface area contributed by atoms with Crippen molar-refractivity contribution in [2.45, 2.75) is 19.9 Å². The van der Waals surface area contributed by atoms with Crippen LogP contribution >= 0.6 is 0 Å². The number of hydrogen-bond donors (Lipinski definition) is 1. The number of nitrogens with one attached hydrogen (secondary N) is 1.